The summed E-state index contributed by atoms with van der Waals surface area (Å²) in [5.41, 5.74) is 8.13. The number of thioether (sulfide) groups is 1. The van der Waals surface area contributed by atoms with Gasteiger partial charge in [-0.25, -0.2) is 0 Å². The Labute approximate surface area is 123 Å². The molecule has 0 aromatic heterocycles. The van der Waals surface area contributed by atoms with Crippen LogP contribution in [0.4, 0.5) is 5.69 Å². The van der Waals surface area contributed by atoms with Crippen LogP contribution in [-0.4, -0.2) is 31.6 Å². The molecule has 1 atom stereocenters. The number of rotatable bonds is 7. The number of hydrogen-bond acceptors (Lipinski definition) is 3. The summed E-state index contributed by atoms with van der Waals surface area (Å²) in [6.45, 7) is 2.97. The zero-order valence-corrected chi connectivity index (χ0v) is 13.9. The average Bonchev–Trinajstić information content (AvgIpc) is 2.35. The summed E-state index contributed by atoms with van der Waals surface area (Å²) in [5, 5.41) is 0. The van der Waals surface area contributed by atoms with Crippen molar-refractivity contribution in [3.8, 4) is 0 Å². The van der Waals surface area contributed by atoms with E-state index in [1.807, 2.05) is 11.8 Å². The van der Waals surface area contributed by atoms with Gasteiger partial charge in [-0.05, 0) is 71.9 Å². The maximum Gasteiger partial charge on any atom is 0.0510 e. The van der Waals surface area contributed by atoms with Crippen molar-refractivity contribution in [1.29, 1.82) is 0 Å². The average molecular weight is 331 g/mol. The Bertz CT molecular complexity index is 371. The fraction of sp³-hybridized carbons (Fsp3) is 0.571. The van der Waals surface area contributed by atoms with Crippen LogP contribution in [0.5, 0.6) is 0 Å². The minimum Gasteiger partial charge on any atom is -0.371 e. The highest BCUT2D eigenvalue weighted by atomic mass is 79.9. The van der Waals surface area contributed by atoms with E-state index in [9.17, 15) is 0 Å². The van der Waals surface area contributed by atoms with Crippen LogP contribution >= 0.6 is 27.7 Å². The predicted octanol–water partition coefficient (Wildman–Crippen LogP) is 3.53. The molecule has 1 unspecified atom stereocenters. The molecular formula is C14H23BrN2S. The zero-order valence-electron chi connectivity index (χ0n) is 11.4. The summed E-state index contributed by atoms with van der Waals surface area (Å²) in [5.74, 6) is 1.20. The summed E-state index contributed by atoms with van der Waals surface area (Å²) in [7, 11) is 2.16. The zero-order chi connectivity index (χ0) is 13.5. The fourth-order valence-electron chi connectivity index (χ4n) is 1.88. The van der Waals surface area contributed by atoms with E-state index < -0.39 is 0 Å². The molecule has 1 aromatic rings. The first-order valence-electron chi connectivity index (χ1n) is 6.30. The highest BCUT2D eigenvalue weighted by Crippen LogP contribution is 2.28. The lowest BCUT2D eigenvalue weighted by molar-refractivity contribution is 0.668. The molecule has 0 saturated carbocycles. The second kappa shape index (κ2) is 8.08. The number of nitrogens with two attached hydrogens (primary N) is 1. The van der Waals surface area contributed by atoms with E-state index in [0.717, 1.165) is 10.9 Å². The van der Waals surface area contributed by atoms with Gasteiger partial charge in [0.25, 0.3) is 0 Å². The molecule has 0 heterocycles. The third-order valence-corrected chi connectivity index (χ3v) is 4.51. The van der Waals surface area contributed by atoms with E-state index in [1.54, 1.807) is 0 Å². The third-order valence-electron chi connectivity index (χ3n) is 3.23. The van der Waals surface area contributed by atoms with Crippen molar-refractivity contribution >= 4 is 33.4 Å². The number of benzene rings is 1. The van der Waals surface area contributed by atoms with E-state index in [0.29, 0.717) is 12.6 Å². The van der Waals surface area contributed by atoms with E-state index in [1.165, 1.54) is 23.4 Å². The standard InChI is InChI=1S/C14H23BrN2S/c1-11(7-9-18-3)17(2)14-5-4-12(6-8-16)10-13(14)15/h4-5,10-11H,6-9,16H2,1-3H3. The largest absolute Gasteiger partial charge is 0.371 e. The maximum atomic E-state index is 5.58. The molecule has 0 fully saturated rings. The molecule has 4 heteroatoms. The van der Waals surface area contributed by atoms with Crippen molar-refractivity contribution < 1.29 is 0 Å². The molecule has 0 aliphatic carbocycles. The van der Waals surface area contributed by atoms with Gasteiger partial charge >= 0.3 is 0 Å². The first-order chi connectivity index (χ1) is 8.60. The van der Waals surface area contributed by atoms with Crippen molar-refractivity contribution in [3.63, 3.8) is 0 Å². The van der Waals surface area contributed by atoms with Gasteiger partial charge in [0, 0.05) is 17.6 Å². The highest BCUT2D eigenvalue weighted by Gasteiger charge is 2.12. The number of nitrogens with zero attached hydrogens (tertiary/aromatic N) is 1. The molecule has 0 saturated heterocycles. The van der Waals surface area contributed by atoms with E-state index in [2.05, 4.69) is 59.3 Å². The van der Waals surface area contributed by atoms with Gasteiger partial charge in [-0.3, -0.25) is 0 Å². The predicted molar refractivity (Wildman–Crippen MR) is 87.8 cm³/mol. The molecule has 102 valence electrons. The van der Waals surface area contributed by atoms with Gasteiger partial charge in [0.15, 0.2) is 0 Å². The summed E-state index contributed by atoms with van der Waals surface area (Å²) in [4.78, 5) is 2.34. The van der Waals surface area contributed by atoms with Crippen LogP contribution in [0.15, 0.2) is 22.7 Å². The van der Waals surface area contributed by atoms with E-state index in [4.69, 9.17) is 5.73 Å². The van der Waals surface area contributed by atoms with Crippen LogP contribution in [0, 0.1) is 0 Å². The lowest BCUT2D eigenvalue weighted by atomic mass is 10.1. The number of hydrogen-bond donors (Lipinski definition) is 1. The van der Waals surface area contributed by atoms with Crippen LogP contribution < -0.4 is 10.6 Å². The summed E-state index contributed by atoms with van der Waals surface area (Å²) >= 11 is 5.57. The van der Waals surface area contributed by atoms with E-state index in [-0.39, 0.29) is 0 Å². The normalized spacial score (nSPS) is 12.5. The van der Waals surface area contributed by atoms with E-state index >= 15 is 0 Å². The van der Waals surface area contributed by atoms with Crippen molar-refractivity contribution in [2.45, 2.75) is 25.8 Å². The Morgan fingerprint density at radius 2 is 2.17 bits per heavy atom. The maximum absolute atomic E-state index is 5.58. The molecule has 2 N–H and O–H groups in total. The molecule has 0 aliphatic heterocycles. The van der Waals surface area contributed by atoms with Crippen LogP contribution in [-0.2, 0) is 6.42 Å². The number of anilines is 1. The smallest absolute Gasteiger partial charge is 0.0510 e. The Morgan fingerprint density at radius 3 is 2.72 bits per heavy atom. The van der Waals surface area contributed by atoms with Crippen molar-refractivity contribution in [2.24, 2.45) is 5.73 Å². The minimum absolute atomic E-state index is 0.550. The molecule has 0 radical (unpaired) electrons. The number of halogens is 1. The molecule has 0 spiro atoms. The molecule has 0 bridgehead atoms. The third kappa shape index (κ3) is 4.48. The van der Waals surface area contributed by atoms with Gasteiger partial charge < -0.3 is 10.6 Å². The molecule has 0 amide bonds. The van der Waals surface area contributed by atoms with Gasteiger partial charge in [-0.1, -0.05) is 6.07 Å². The Morgan fingerprint density at radius 1 is 1.44 bits per heavy atom. The van der Waals surface area contributed by atoms with Crippen LogP contribution in [0.3, 0.4) is 0 Å². The molecule has 18 heavy (non-hydrogen) atoms. The van der Waals surface area contributed by atoms with Crippen molar-refractivity contribution in [3.05, 3.63) is 28.2 Å². The van der Waals surface area contributed by atoms with Gasteiger partial charge in [0.05, 0.1) is 5.69 Å². The quantitative estimate of drug-likeness (QED) is 0.829. The van der Waals surface area contributed by atoms with Gasteiger partial charge in [0.2, 0.25) is 0 Å². The highest BCUT2D eigenvalue weighted by molar-refractivity contribution is 9.10. The Balaban J connectivity index is 2.76. The molecule has 0 aliphatic rings. The summed E-state index contributed by atoms with van der Waals surface area (Å²) in [6.07, 6.45) is 4.30. The van der Waals surface area contributed by atoms with Crippen molar-refractivity contribution in [1.82, 2.24) is 0 Å². The second-order valence-corrected chi connectivity index (χ2v) is 6.41. The first-order valence-corrected chi connectivity index (χ1v) is 8.49. The van der Waals surface area contributed by atoms with Crippen LogP contribution in [0.2, 0.25) is 0 Å². The monoisotopic (exact) mass is 330 g/mol. The molecule has 1 aromatic carbocycles. The van der Waals surface area contributed by atoms with Gasteiger partial charge in [-0.15, -0.1) is 0 Å². The fourth-order valence-corrected chi connectivity index (χ4v) is 3.16. The van der Waals surface area contributed by atoms with Gasteiger partial charge in [-0.2, -0.15) is 11.8 Å². The summed E-state index contributed by atoms with van der Waals surface area (Å²) in [6, 6.07) is 7.09. The van der Waals surface area contributed by atoms with Crippen LogP contribution in [0.25, 0.3) is 0 Å². The second-order valence-electron chi connectivity index (χ2n) is 4.57. The molecule has 2 nitrogen and oxygen atoms in total. The lowest BCUT2D eigenvalue weighted by Crippen LogP contribution is -2.29. The summed E-state index contributed by atoms with van der Waals surface area (Å²) < 4.78 is 1.16. The first kappa shape index (κ1) is 15.9. The Hall–Kier alpha value is -0.190. The topological polar surface area (TPSA) is 29.3 Å². The SMILES string of the molecule is CSCCC(C)N(C)c1ccc(CCN)cc1Br. The Kier molecular flexibility index (Phi) is 7.12. The van der Waals surface area contributed by atoms with Crippen LogP contribution in [0.1, 0.15) is 18.9 Å². The molecule has 1 rings (SSSR count). The van der Waals surface area contributed by atoms with Crippen molar-refractivity contribution in [2.75, 3.05) is 30.5 Å². The minimum atomic E-state index is 0.550. The van der Waals surface area contributed by atoms with Gasteiger partial charge in [0.1, 0.15) is 0 Å². The lowest BCUT2D eigenvalue weighted by Gasteiger charge is -2.28. The molecular weight excluding hydrogens is 308 g/mol.